The molecular weight excluding hydrogens is 280 g/mol. The van der Waals surface area contributed by atoms with Crippen molar-refractivity contribution < 1.29 is 4.42 Å². The molecule has 0 bridgehead atoms. The summed E-state index contributed by atoms with van der Waals surface area (Å²) in [6, 6.07) is 12.3. The summed E-state index contributed by atoms with van der Waals surface area (Å²) < 4.78 is 5.43. The van der Waals surface area contributed by atoms with Crippen LogP contribution in [0.4, 0.5) is 0 Å². The number of hydrogen-bond acceptors (Lipinski definition) is 2. The first-order valence-corrected chi connectivity index (χ1v) is 7.31. The summed E-state index contributed by atoms with van der Waals surface area (Å²) in [4.78, 5) is 2.09. The number of nitrogens with one attached hydrogen (secondary N) is 1. The predicted octanol–water partition coefficient (Wildman–Crippen LogP) is 3.65. The fraction of sp³-hybridized carbons (Fsp3) is 0.235. The lowest BCUT2D eigenvalue weighted by Gasteiger charge is -2.25. The van der Waals surface area contributed by atoms with Crippen LogP contribution in [0.2, 0.25) is 0 Å². The lowest BCUT2D eigenvalue weighted by Crippen LogP contribution is -2.38. The highest BCUT2D eigenvalue weighted by atomic mass is 32.1. The van der Waals surface area contributed by atoms with Gasteiger partial charge in [-0.1, -0.05) is 35.9 Å². The van der Waals surface area contributed by atoms with E-state index in [0.717, 1.165) is 12.3 Å². The van der Waals surface area contributed by atoms with Crippen LogP contribution in [0.3, 0.4) is 0 Å². The van der Waals surface area contributed by atoms with Crippen LogP contribution < -0.4 is 5.32 Å². The summed E-state index contributed by atoms with van der Waals surface area (Å²) in [5.74, 6) is 0.893. The largest absolute Gasteiger partial charge is 0.467 e. The molecule has 2 rings (SSSR count). The van der Waals surface area contributed by atoms with Gasteiger partial charge in [0.05, 0.1) is 12.8 Å². The molecule has 0 unspecified atom stereocenters. The summed E-state index contributed by atoms with van der Waals surface area (Å²) in [5, 5.41) is 3.87. The van der Waals surface area contributed by atoms with Crippen LogP contribution in [-0.4, -0.2) is 16.6 Å². The Hall–Kier alpha value is -2.07. The van der Waals surface area contributed by atoms with E-state index in [1.807, 2.05) is 12.1 Å². The molecule has 1 heterocycles. The zero-order chi connectivity index (χ0) is 15.1. The van der Waals surface area contributed by atoms with Gasteiger partial charge in [0.2, 0.25) is 0 Å². The molecule has 110 valence electrons. The molecule has 0 atom stereocenters. The minimum absolute atomic E-state index is 0.643. The number of furan rings is 1. The second-order valence-electron chi connectivity index (χ2n) is 4.90. The van der Waals surface area contributed by atoms with E-state index in [-0.39, 0.29) is 0 Å². The Kier molecular flexibility index (Phi) is 5.58. The maximum atomic E-state index is 5.46. The summed E-state index contributed by atoms with van der Waals surface area (Å²) in [7, 11) is 0. The van der Waals surface area contributed by atoms with E-state index in [9.17, 15) is 0 Å². The van der Waals surface area contributed by atoms with E-state index in [1.54, 1.807) is 12.3 Å². The number of aryl methyl sites for hydroxylation is 1. The van der Waals surface area contributed by atoms with E-state index in [1.165, 1.54) is 11.1 Å². The molecule has 4 heteroatoms. The van der Waals surface area contributed by atoms with Crippen molar-refractivity contribution in [3.63, 3.8) is 0 Å². The van der Waals surface area contributed by atoms with Gasteiger partial charge in [-0.2, -0.15) is 0 Å². The Morgan fingerprint density at radius 1 is 1.29 bits per heavy atom. The summed E-state index contributed by atoms with van der Waals surface area (Å²) in [5.41, 5.74) is 2.47. The van der Waals surface area contributed by atoms with Crippen LogP contribution in [0.1, 0.15) is 16.9 Å². The molecule has 0 spiro atoms. The van der Waals surface area contributed by atoms with E-state index < -0.39 is 0 Å². The highest BCUT2D eigenvalue weighted by Crippen LogP contribution is 2.12. The van der Waals surface area contributed by atoms with E-state index in [4.69, 9.17) is 16.6 Å². The van der Waals surface area contributed by atoms with E-state index in [0.29, 0.717) is 18.2 Å². The number of rotatable bonds is 6. The standard InChI is InChI=1S/C17H20N2OS/c1-3-10-18-17(21)19(13-16-5-4-11-20-16)12-15-8-6-14(2)7-9-15/h3-9,11H,1,10,12-13H2,2H3,(H,18,21). The van der Waals surface area contributed by atoms with E-state index in [2.05, 4.69) is 48.0 Å². The number of nitrogens with zero attached hydrogens (tertiary/aromatic N) is 1. The van der Waals surface area contributed by atoms with Crippen molar-refractivity contribution in [2.24, 2.45) is 0 Å². The van der Waals surface area contributed by atoms with Gasteiger partial charge in [0.1, 0.15) is 5.76 Å². The predicted molar refractivity (Wildman–Crippen MR) is 89.9 cm³/mol. The van der Waals surface area contributed by atoms with Gasteiger partial charge < -0.3 is 14.6 Å². The first-order chi connectivity index (χ1) is 10.2. The molecular formula is C17H20N2OS. The molecule has 0 radical (unpaired) electrons. The zero-order valence-corrected chi connectivity index (χ0v) is 13.0. The molecule has 0 aliphatic rings. The van der Waals surface area contributed by atoms with Crippen molar-refractivity contribution in [2.75, 3.05) is 6.54 Å². The molecule has 0 fully saturated rings. The molecule has 0 saturated carbocycles. The number of thiocarbonyl (C=S) groups is 1. The molecule has 21 heavy (non-hydrogen) atoms. The fourth-order valence-corrected chi connectivity index (χ4v) is 2.19. The molecule has 3 nitrogen and oxygen atoms in total. The average molecular weight is 300 g/mol. The average Bonchev–Trinajstić information content (AvgIpc) is 2.99. The topological polar surface area (TPSA) is 28.4 Å². The third-order valence-electron chi connectivity index (χ3n) is 3.11. The van der Waals surface area contributed by atoms with Gasteiger partial charge in [-0.15, -0.1) is 6.58 Å². The highest BCUT2D eigenvalue weighted by molar-refractivity contribution is 7.80. The number of benzene rings is 1. The van der Waals surface area contributed by atoms with Gasteiger partial charge in [0.15, 0.2) is 5.11 Å². The lowest BCUT2D eigenvalue weighted by molar-refractivity contribution is 0.352. The minimum Gasteiger partial charge on any atom is -0.467 e. The van der Waals surface area contributed by atoms with Gasteiger partial charge in [-0.25, -0.2) is 0 Å². The Bertz CT molecular complexity index is 575. The smallest absolute Gasteiger partial charge is 0.169 e. The molecule has 0 saturated heterocycles. The molecule has 2 aromatic rings. The van der Waals surface area contributed by atoms with Gasteiger partial charge in [0.25, 0.3) is 0 Å². The zero-order valence-electron chi connectivity index (χ0n) is 12.2. The molecule has 0 amide bonds. The molecule has 1 aromatic heterocycles. The van der Waals surface area contributed by atoms with Crippen molar-refractivity contribution in [2.45, 2.75) is 20.0 Å². The fourth-order valence-electron chi connectivity index (χ4n) is 1.98. The third kappa shape index (κ3) is 4.76. The molecule has 0 aliphatic heterocycles. The molecule has 0 aliphatic carbocycles. The molecule has 1 aromatic carbocycles. The Labute approximate surface area is 131 Å². The van der Waals surface area contributed by atoms with Crippen molar-refractivity contribution in [1.29, 1.82) is 0 Å². The Morgan fingerprint density at radius 3 is 2.67 bits per heavy atom. The van der Waals surface area contributed by atoms with Crippen LogP contribution in [0, 0.1) is 6.92 Å². The van der Waals surface area contributed by atoms with Crippen LogP contribution in [-0.2, 0) is 13.1 Å². The second-order valence-corrected chi connectivity index (χ2v) is 5.28. The summed E-state index contributed by atoms with van der Waals surface area (Å²) in [6.07, 6.45) is 3.48. The van der Waals surface area contributed by atoms with Gasteiger partial charge in [0, 0.05) is 13.1 Å². The maximum absolute atomic E-state index is 5.46. The van der Waals surface area contributed by atoms with Crippen molar-refractivity contribution in [1.82, 2.24) is 10.2 Å². The Balaban J connectivity index is 2.08. The monoisotopic (exact) mass is 300 g/mol. The van der Waals surface area contributed by atoms with Crippen LogP contribution in [0.15, 0.2) is 59.7 Å². The minimum atomic E-state index is 0.643. The van der Waals surface area contributed by atoms with Crippen molar-refractivity contribution in [3.05, 3.63) is 72.2 Å². The first kappa shape index (κ1) is 15.3. The third-order valence-corrected chi connectivity index (χ3v) is 3.51. The van der Waals surface area contributed by atoms with Gasteiger partial charge in [-0.05, 0) is 36.8 Å². The first-order valence-electron chi connectivity index (χ1n) is 6.90. The highest BCUT2D eigenvalue weighted by Gasteiger charge is 2.12. The van der Waals surface area contributed by atoms with Crippen LogP contribution >= 0.6 is 12.2 Å². The summed E-state index contributed by atoms with van der Waals surface area (Å²) >= 11 is 5.46. The molecule has 1 N–H and O–H groups in total. The van der Waals surface area contributed by atoms with Crippen LogP contribution in [0.5, 0.6) is 0 Å². The van der Waals surface area contributed by atoms with Crippen molar-refractivity contribution in [3.8, 4) is 0 Å². The normalized spacial score (nSPS) is 10.1. The maximum Gasteiger partial charge on any atom is 0.169 e. The van der Waals surface area contributed by atoms with Gasteiger partial charge >= 0.3 is 0 Å². The van der Waals surface area contributed by atoms with Crippen molar-refractivity contribution >= 4 is 17.3 Å². The van der Waals surface area contributed by atoms with Gasteiger partial charge in [-0.3, -0.25) is 0 Å². The van der Waals surface area contributed by atoms with Crippen LogP contribution in [0.25, 0.3) is 0 Å². The number of hydrogen-bond donors (Lipinski definition) is 1. The SMILES string of the molecule is C=CCNC(=S)N(Cc1ccc(C)cc1)Cc1ccco1. The lowest BCUT2D eigenvalue weighted by atomic mass is 10.1. The Morgan fingerprint density at radius 2 is 2.05 bits per heavy atom. The second kappa shape index (κ2) is 7.64. The summed E-state index contributed by atoms with van der Waals surface area (Å²) in [6.45, 7) is 7.82. The van der Waals surface area contributed by atoms with E-state index >= 15 is 0 Å². The quantitative estimate of drug-likeness (QED) is 0.651.